The Hall–Kier alpha value is -1.85. The van der Waals surface area contributed by atoms with Crippen LogP contribution < -0.4 is 5.32 Å². The Bertz CT molecular complexity index is 452. The van der Waals surface area contributed by atoms with E-state index in [9.17, 15) is 14.4 Å². The Morgan fingerprint density at radius 1 is 1.04 bits per heavy atom. The predicted octanol–water partition coefficient (Wildman–Crippen LogP) is 2.37. The van der Waals surface area contributed by atoms with Crippen molar-refractivity contribution in [2.45, 2.75) is 58.9 Å². The summed E-state index contributed by atoms with van der Waals surface area (Å²) < 4.78 is 9.82. The average Bonchev–Trinajstić information content (AvgIpc) is 2.57. The van der Waals surface area contributed by atoms with E-state index < -0.39 is 11.9 Å². The number of carbonyl (C=O) groups excluding carboxylic acids is 3. The lowest BCUT2D eigenvalue weighted by molar-refractivity contribution is -0.141. The Labute approximate surface area is 144 Å². The van der Waals surface area contributed by atoms with Crippen LogP contribution in [0, 0.1) is 11.8 Å². The average molecular weight is 339 g/mol. The van der Waals surface area contributed by atoms with Crippen molar-refractivity contribution >= 4 is 17.8 Å². The summed E-state index contributed by atoms with van der Waals surface area (Å²) in [5.41, 5.74) is 0. The van der Waals surface area contributed by atoms with Gasteiger partial charge in [-0.1, -0.05) is 33.1 Å². The molecular formula is C18H29NO5. The van der Waals surface area contributed by atoms with Crippen molar-refractivity contribution in [2.24, 2.45) is 11.8 Å². The van der Waals surface area contributed by atoms with Gasteiger partial charge in [-0.15, -0.1) is 0 Å². The largest absolute Gasteiger partial charge is 0.463 e. The fourth-order valence-corrected chi connectivity index (χ4v) is 2.61. The van der Waals surface area contributed by atoms with Gasteiger partial charge in [0.15, 0.2) is 0 Å². The van der Waals surface area contributed by atoms with E-state index >= 15 is 0 Å². The van der Waals surface area contributed by atoms with Crippen LogP contribution in [0.25, 0.3) is 0 Å². The molecule has 1 fully saturated rings. The van der Waals surface area contributed by atoms with Crippen LogP contribution in [0.5, 0.6) is 0 Å². The number of amides is 1. The standard InChI is InChI=1S/C18H29NO5/c1-4-23-16(20)10-11-17(21)24-12-15(13(2)3)19-18(22)14-8-6-5-7-9-14/h10-11,13-15H,4-9,12H2,1-3H3,(H,19,22)/b11-10+. The number of hydrogen-bond donors (Lipinski definition) is 1. The van der Waals surface area contributed by atoms with Gasteiger partial charge in [-0.2, -0.15) is 0 Å². The van der Waals surface area contributed by atoms with E-state index in [0.29, 0.717) is 0 Å². The maximum Gasteiger partial charge on any atom is 0.331 e. The van der Waals surface area contributed by atoms with Gasteiger partial charge in [-0.25, -0.2) is 9.59 Å². The third-order valence-corrected chi connectivity index (χ3v) is 4.16. The zero-order chi connectivity index (χ0) is 17.9. The van der Waals surface area contributed by atoms with Gasteiger partial charge >= 0.3 is 11.9 Å². The molecule has 0 aromatic carbocycles. The molecule has 24 heavy (non-hydrogen) atoms. The number of ether oxygens (including phenoxy) is 2. The highest BCUT2D eigenvalue weighted by atomic mass is 16.5. The zero-order valence-electron chi connectivity index (χ0n) is 14.9. The highest BCUT2D eigenvalue weighted by Gasteiger charge is 2.25. The summed E-state index contributed by atoms with van der Waals surface area (Å²) in [7, 11) is 0. The van der Waals surface area contributed by atoms with Crippen molar-refractivity contribution in [2.75, 3.05) is 13.2 Å². The van der Waals surface area contributed by atoms with Crippen LogP contribution in [0.2, 0.25) is 0 Å². The Morgan fingerprint density at radius 2 is 1.62 bits per heavy atom. The van der Waals surface area contributed by atoms with Crippen molar-refractivity contribution in [1.82, 2.24) is 5.32 Å². The highest BCUT2D eigenvalue weighted by Crippen LogP contribution is 2.24. The van der Waals surface area contributed by atoms with E-state index in [1.165, 1.54) is 6.42 Å². The SMILES string of the molecule is CCOC(=O)/C=C/C(=O)OCC(NC(=O)C1CCCCC1)C(C)C. The first-order chi connectivity index (χ1) is 11.4. The quantitative estimate of drug-likeness (QED) is 0.542. The highest BCUT2D eigenvalue weighted by molar-refractivity contribution is 5.91. The normalized spacial score (nSPS) is 16.8. The third-order valence-electron chi connectivity index (χ3n) is 4.16. The summed E-state index contributed by atoms with van der Waals surface area (Å²) in [5.74, 6) is -0.952. The summed E-state index contributed by atoms with van der Waals surface area (Å²) in [6.07, 6.45) is 7.32. The smallest absolute Gasteiger partial charge is 0.331 e. The molecule has 0 heterocycles. The monoisotopic (exact) mass is 339 g/mol. The number of esters is 2. The second-order valence-corrected chi connectivity index (χ2v) is 6.41. The first-order valence-electron chi connectivity index (χ1n) is 8.76. The lowest BCUT2D eigenvalue weighted by atomic mass is 9.88. The molecule has 0 saturated heterocycles. The first-order valence-corrected chi connectivity index (χ1v) is 8.76. The van der Waals surface area contributed by atoms with E-state index in [4.69, 9.17) is 4.74 Å². The molecule has 0 aromatic rings. The van der Waals surface area contributed by atoms with Gasteiger partial charge in [0.1, 0.15) is 6.61 Å². The number of nitrogens with one attached hydrogen (secondary N) is 1. The van der Waals surface area contributed by atoms with Gasteiger partial charge in [-0.05, 0) is 25.7 Å². The molecule has 1 rings (SSSR count). The van der Waals surface area contributed by atoms with Crippen LogP contribution >= 0.6 is 0 Å². The lowest BCUT2D eigenvalue weighted by Gasteiger charge is -2.26. The molecule has 6 nitrogen and oxygen atoms in total. The van der Waals surface area contributed by atoms with Gasteiger partial charge < -0.3 is 14.8 Å². The summed E-state index contributed by atoms with van der Waals surface area (Å²) in [6.45, 7) is 5.96. The van der Waals surface area contributed by atoms with Crippen LogP contribution in [0.3, 0.4) is 0 Å². The molecular weight excluding hydrogens is 310 g/mol. The molecule has 1 aliphatic carbocycles. The van der Waals surface area contributed by atoms with Crippen LogP contribution in [0.4, 0.5) is 0 Å². The fraction of sp³-hybridized carbons (Fsp3) is 0.722. The van der Waals surface area contributed by atoms with Gasteiger partial charge in [-0.3, -0.25) is 4.79 Å². The first kappa shape index (κ1) is 20.2. The molecule has 136 valence electrons. The van der Waals surface area contributed by atoms with Gasteiger partial charge in [0.05, 0.1) is 12.6 Å². The molecule has 0 aliphatic heterocycles. The zero-order valence-corrected chi connectivity index (χ0v) is 14.9. The minimum atomic E-state index is -0.624. The topological polar surface area (TPSA) is 81.7 Å². The van der Waals surface area contributed by atoms with Crippen LogP contribution in [0.15, 0.2) is 12.2 Å². The van der Waals surface area contributed by atoms with Crippen molar-refractivity contribution in [3.05, 3.63) is 12.2 Å². The molecule has 1 atom stereocenters. The molecule has 1 amide bonds. The van der Waals surface area contributed by atoms with Crippen molar-refractivity contribution in [3.63, 3.8) is 0 Å². The molecule has 6 heteroatoms. The molecule has 0 radical (unpaired) electrons. The van der Waals surface area contributed by atoms with E-state index in [-0.39, 0.29) is 37.0 Å². The molecule has 1 unspecified atom stereocenters. The van der Waals surface area contributed by atoms with Crippen LogP contribution in [-0.4, -0.2) is 37.1 Å². The Morgan fingerprint density at radius 3 is 2.17 bits per heavy atom. The van der Waals surface area contributed by atoms with E-state index in [1.807, 2.05) is 13.8 Å². The second kappa shape index (κ2) is 10.8. The predicted molar refractivity (Wildman–Crippen MR) is 90.1 cm³/mol. The molecule has 1 N–H and O–H groups in total. The minimum Gasteiger partial charge on any atom is -0.463 e. The Balaban J connectivity index is 2.43. The maximum absolute atomic E-state index is 12.3. The van der Waals surface area contributed by atoms with Crippen LogP contribution in [0.1, 0.15) is 52.9 Å². The third kappa shape index (κ3) is 7.62. The van der Waals surface area contributed by atoms with Crippen molar-refractivity contribution in [1.29, 1.82) is 0 Å². The fourth-order valence-electron chi connectivity index (χ4n) is 2.61. The lowest BCUT2D eigenvalue weighted by Crippen LogP contribution is -2.45. The van der Waals surface area contributed by atoms with Crippen molar-refractivity contribution < 1.29 is 23.9 Å². The molecule has 1 saturated carbocycles. The van der Waals surface area contributed by atoms with Crippen LogP contribution in [-0.2, 0) is 23.9 Å². The molecule has 0 bridgehead atoms. The number of hydrogen-bond acceptors (Lipinski definition) is 5. The van der Waals surface area contributed by atoms with Gasteiger partial charge in [0.2, 0.25) is 5.91 Å². The van der Waals surface area contributed by atoms with E-state index in [1.54, 1.807) is 6.92 Å². The second-order valence-electron chi connectivity index (χ2n) is 6.41. The summed E-state index contributed by atoms with van der Waals surface area (Å²) in [5, 5.41) is 2.99. The van der Waals surface area contributed by atoms with Gasteiger partial charge in [0.25, 0.3) is 0 Å². The minimum absolute atomic E-state index is 0.0477. The number of carbonyl (C=O) groups is 3. The summed E-state index contributed by atoms with van der Waals surface area (Å²) >= 11 is 0. The molecule has 0 spiro atoms. The van der Waals surface area contributed by atoms with E-state index in [0.717, 1.165) is 37.8 Å². The maximum atomic E-state index is 12.3. The molecule has 1 aliphatic rings. The molecule has 0 aromatic heterocycles. The summed E-state index contributed by atoms with van der Waals surface area (Å²) in [6, 6.07) is -0.237. The Kier molecular flexibility index (Phi) is 9.12. The number of rotatable bonds is 8. The van der Waals surface area contributed by atoms with Crippen molar-refractivity contribution in [3.8, 4) is 0 Å². The van der Waals surface area contributed by atoms with Gasteiger partial charge in [0, 0.05) is 18.1 Å². The van der Waals surface area contributed by atoms with E-state index in [2.05, 4.69) is 10.1 Å². The summed E-state index contributed by atoms with van der Waals surface area (Å²) in [4.78, 5) is 35.1.